The molecule has 1 heterocycles. The van der Waals surface area contributed by atoms with Crippen LogP contribution >= 0.6 is 0 Å². The maximum Gasteiger partial charge on any atom is 0.229 e. The Kier molecular flexibility index (Phi) is 4.81. The fraction of sp³-hybridized carbons (Fsp3) is 0.0952. The smallest absolute Gasteiger partial charge is 0.229 e. The third-order valence-corrected chi connectivity index (χ3v) is 4.61. The molecule has 0 fully saturated rings. The lowest BCUT2D eigenvalue weighted by Gasteiger charge is -2.12. The van der Waals surface area contributed by atoms with Crippen molar-refractivity contribution in [2.45, 2.75) is 6.42 Å². The van der Waals surface area contributed by atoms with Gasteiger partial charge in [0.1, 0.15) is 16.9 Å². The van der Waals surface area contributed by atoms with Gasteiger partial charge < -0.3 is 14.5 Å². The van der Waals surface area contributed by atoms with Crippen LogP contribution in [0.3, 0.4) is 0 Å². The molecular formula is C21H12F5NO3. The molecule has 9 heteroatoms. The number of rotatable bonds is 4. The number of nitrogens with one attached hydrogen (secondary N) is 1. The summed E-state index contributed by atoms with van der Waals surface area (Å²) >= 11 is 0. The highest BCUT2D eigenvalue weighted by atomic mass is 19.2. The number of fused-ring (bicyclic) bond motifs is 3. The summed E-state index contributed by atoms with van der Waals surface area (Å²) in [6.45, 7) is 0. The van der Waals surface area contributed by atoms with Crippen LogP contribution in [0.15, 0.2) is 40.8 Å². The third kappa shape index (κ3) is 3.12. The lowest BCUT2D eigenvalue weighted by Crippen LogP contribution is -2.18. The number of ether oxygens (including phenoxy) is 1. The second kappa shape index (κ2) is 7.33. The van der Waals surface area contributed by atoms with Gasteiger partial charge in [0, 0.05) is 22.4 Å². The molecule has 0 unspecified atom stereocenters. The standard InChI is InChI=1S/C21H12F5NO3/c1-29-15-6-10-9-4-2-3-5-13(9)30-14(10)8-12(15)27-16(28)7-11-17(22)19(24)21(26)20(25)18(11)23/h2-6,8H,7H2,1H3,(H,27,28). The van der Waals surface area contributed by atoms with E-state index in [1.54, 1.807) is 18.2 Å². The summed E-state index contributed by atoms with van der Waals surface area (Å²) in [5.74, 6) is -11.4. The van der Waals surface area contributed by atoms with Gasteiger partial charge in [-0.05, 0) is 12.1 Å². The first-order valence-corrected chi connectivity index (χ1v) is 8.61. The first-order chi connectivity index (χ1) is 14.3. The van der Waals surface area contributed by atoms with Gasteiger partial charge >= 0.3 is 0 Å². The minimum Gasteiger partial charge on any atom is -0.495 e. The van der Waals surface area contributed by atoms with Crippen LogP contribution in [0, 0.1) is 29.1 Å². The van der Waals surface area contributed by atoms with Crippen molar-refractivity contribution in [3.63, 3.8) is 0 Å². The molecule has 0 spiro atoms. The van der Waals surface area contributed by atoms with Crippen LogP contribution < -0.4 is 10.1 Å². The summed E-state index contributed by atoms with van der Waals surface area (Å²) in [6, 6.07) is 10.3. The second-order valence-corrected chi connectivity index (χ2v) is 6.42. The molecule has 0 aliphatic rings. The Morgan fingerprint density at radius 1 is 0.900 bits per heavy atom. The van der Waals surface area contributed by atoms with Gasteiger partial charge in [-0.2, -0.15) is 0 Å². The van der Waals surface area contributed by atoms with E-state index in [1.807, 2.05) is 12.1 Å². The largest absolute Gasteiger partial charge is 0.495 e. The van der Waals surface area contributed by atoms with Crippen molar-refractivity contribution >= 4 is 33.5 Å². The number of methoxy groups -OCH3 is 1. The number of anilines is 1. The number of benzene rings is 3. The average molecular weight is 421 g/mol. The second-order valence-electron chi connectivity index (χ2n) is 6.42. The van der Waals surface area contributed by atoms with E-state index in [0.717, 1.165) is 5.39 Å². The molecule has 0 aliphatic carbocycles. The Labute approximate surface area is 165 Å². The molecule has 0 bridgehead atoms. The fourth-order valence-corrected chi connectivity index (χ4v) is 3.18. The summed E-state index contributed by atoms with van der Waals surface area (Å²) in [6.07, 6.45) is -1.08. The van der Waals surface area contributed by atoms with Crippen molar-refractivity contribution < 1.29 is 35.9 Å². The molecule has 4 rings (SSSR count). The van der Waals surface area contributed by atoms with Gasteiger partial charge in [-0.1, -0.05) is 18.2 Å². The van der Waals surface area contributed by atoms with Crippen molar-refractivity contribution in [2.24, 2.45) is 0 Å². The third-order valence-electron chi connectivity index (χ3n) is 4.61. The zero-order valence-electron chi connectivity index (χ0n) is 15.3. The van der Waals surface area contributed by atoms with E-state index in [2.05, 4.69) is 5.32 Å². The van der Waals surface area contributed by atoms with Crippen molar-refractivity contribution in [3.05, 3.63) is 71.0 Å². The Morgan fingerprint density at radius 3 is 2.20 bits per heavy atom. The number of para-hydroxylation sites is 1. The molecule has 4 aromatic rings. The lowest BCUT2D eigenvalue weighted by atomic mass is 10.1. The Hall–Kier alpha value is -3.62. The predicted octanol–water partition coefficient (Wildman–Crippen LogP) is 5.47. The highest BCUT2D eigenvalue weighted by Crippen LogP contribution is 2.36. The SMILES string of the molecule is COc1cc2c(cc1NC(=O)Cc1c(F)c(F)c(F)c(F)c1F)oc1ccccc12. The molecule has 3 aromatic carbocycles. The zero-order chi connectivity index (χ0) is 21.6. The number of hydrogen-bond acceptors (Lipinski definition) is 3. The fourth-order valence-electron chi connectivity index (χ4n) is 3.18. The molecule has 30 heavy (non-hydrogen) atoms. The van der Waals surface area contributed by atoms with Crippen molar-refractivity contribution in [1.82, 2.24) is 0 Å². The van der Waals surface area contributed by atoms with Crippen LogP contribution in [0.5, 0.6) is 5.75 Å². The van der Waals surface area contributed by atoms with Gasteiger partial charge in [0.2, 0.25) is 11.7 Å². The average Bonchev–Trinajstić information content (AvgIpc) is 3.10. The van der Waals surface area contributed by atoms with E-state index in [1.165, 1.54) is 13.2 Å². The lowest BCUT2D eigenvalue weighted by molar-refractivity contribution is -0.115. The van der Waals surface area contributed by atoms with Crippen LogP contribution in [0.1, 0.15) is 5.56 Å². The van der Waals surface area contributed by atoms with Gasteiger partial charge in [-0.15, -0.1) is 0 Å². The van der Waals surface area contributed by atoms with E-state index in [4.69, 9.17) is 9.15 Å². The molecular weight excluding hydrogens is 409 g/mol. The normalized spacial score (nSPS) is 11.3. The van der Waals surface area contributed by atoms with E-state index >= 15 is 0 Å². The van der Waals surface area contributed by atoms with E-state index in [0.29, 0.717) is 16.6 Å². The molecule has 1 N–H and O–H groups in total. The molecule has 154 valence electrons. The van der Waals surface area contributed by atoms with Crippen LogP contribution in [0.4, 0.5) is 27.6 Å². The van der Waals surface area contributed by atoms with Gasteiger partial charge in [-0.25, -0.2) is 22.0 Å². The van der Waals surface area contributed by atoms with E-state index in [-0.39, 0.29) is 11.4 Å². The van der Waals surface area contributed by atoms with Gasteiger partial charge in [-0.3, -0.25) is 4.79 Å². The van der Waals surface area contributed by atoms with Crippen LogP contribution in [-0.2, 0) is 11.2 Å². The zero-order valence-corrected chi connectivity index (χ0v) is 15.3. The van der Waals surface area contributed by atoms with E-state index in [9.17, 15) is 26.7 Å². The molecule has 4 nitrogen and oxygen atoms in total. The maximum absolute atomic E-state index is 13.8. The summed E-state index contributed by atoms with van der Waals surface area (Å²) in [7, 11) is 1.35. The monoisotopic (exact) mass is 421 g/mol. The summed E-state index contributed by atoms with van der Waals surface area (Å²) < 4.78 is 78.5. The topological polar surface area (TPSA) is 51.5 Å². The molecule has 1 aromatic heterocycles. The molecule has 0 atom stereocenters. The summed E-state index contributed by atoms with van der Waals surface area (Å²) in [5.41, 5.74) is -0.117. The molecule has 0 aliphatic heterocycles. The number of furan rings is 1. The van der Waals surface area contributed by atoms with Crippen LogP contribution in [0.25, 0.3) is 21.9 Å². The Bertz CT molecular complexity index is 1290. The first kappa shape index (κ1) is 19.7. The van der Waals surface area contributed by atoms with Gasteiger partial charge in [0.15, 0.2) is 23.3 Å². The number of amides is 1. The van der Waals surface area contributed by atoms with Crippen molar-refractivity contribution in [3.8, 4) is 5.75 Å². The molecule has 0 saturated carbocycles. The highest BCUT2D eigenvalue weighted by Gasteiger charge is 2.27. The maximum atomic E-state index is 13.8. The van der Waals surface area contributed by atoms with Crippen LogP contribution in [0.2, 0.25) is 0 Å². The first-order valence-electron chi connectivity index (χ1n) is 8.61. The number of hydrogen-bond donors (Lipinski definition) is 1. The highest BCUT2D eigenvalue weighted by molar-refractivity contribution is 6.07. The molecule has 0 saturated heterocycles. The Balaban J connectivity index is 1.69. The minimum absolute atomic E-state index is 0.109. The number of carbonyl (C=O) groups excluding carboxylic acids is 1. The van der Waals surface area contributed by atoms with E-state index < -0.39 is 47.0 Å². The summed E-state index contributed by atoms with van der Waals surface area (Å²) in [4.78, 5) is 12.3. The van der Waals surface area contributed by atoms with Gasteiger partial charge in [0.05, 0.1) is 19.2 Å². The van der Waals surface area contributed by atoms with Crippen LogP contribution in [-0.4, -0.2) is 13.0 Å². The quantitative estimate of drug-likeness (QED) is 0.270. The van der Waals surface area contributed by atoms with Crippen molar-refractivity contribution in [1.29, 1.82) is 0 Å². The summed E-state index contributed by atoms with van der Waals surface area (Å²) in [5, 5.41) is 3.88. The molecule has 1 amide bonds. The number of halogens is 5. The minimum atomic E-state index is -2.29. The molecule has 0 radical (unpaired) electrons. The van der Waals surface area contributed by atoms with Crippen molar-refractivity contribution in [2.75, 3.05) is 12.4 Å². The van der Waals surface area contributed by atoms with Gasteiger partial charge in [0.25, 0.3) is 0 Å². The predicted molar refractivity (Wildman–Crippen MR) is 98.8 cm³/mol. The Morgan fingerprint density at radius 2 is 1.53 bits per heavy atom. The number of carbonyl (C=O) groups is 1.